The van der Waals surface area contributed by atoms with E-state index in [2.05, 4.69) is 16.9 Å². The molecule has 3 aromatic rings. The zero-order valence-corrected chi connectivity index (χ0v) is 21.5. The fraction of sp³-hybridized carbons (Fsp3) is 0.467. The van der Waals surface area contributed by atoms with Crippen LogP contribution >= 0.6 is 0 Å². The summed E-state index contributed by atoms with van der Waals surface area (Å²) in [6, 6.07) is 15.1. The molecule has 0 saturated heterocycles. The maximum absolute atomic E-state index is 13.8. The summed E-state index contributed by atoms with van der Waals surface area (Å²) in [5.41, 5.74) is 2.70. The monoisotopic (exact) mass is 496 g/mol. The van der Waals surface area contributed by atoms with Gasteiger partial charge in [0.25, 0.3) is 0 Å². The van der Waals surface area contributed by atoms with Crippen LogP contribution < -0.4 is 9.47 Å². The first-order valence-corrected chi connectivity index (χ1v) is 13.2. The Hall–Kier alpha value is -3.02. The lowest BCUT2D eigenvalue weighted by atomic mass is 10.1. The molecule has 2 atom stereocenters. The van der Waals surface area contributed by atoms with E-state index in [0.717, 1.165) is 35.5 Å². The molecule has 6 heteroatoms. The zero-order chi connectivity index (χ0) is 25.6. The Labute approximate surface area is 214 Å². The quantitative estimate of drug-likeness (QED) is 0.187. The number of hydrogen-bond acceptors (Lipinski definition) is 4. The van der Waals surface area contributed by atoms with Crippen LogP contribution in [0.3, 0.4) is 0 Å². The van der Waals surface area contributed by atoms with Gasteiger partial charge in [-0.25, -0.2) is 18.7 Å². The number of halogens is 2. The molecule has 194 valence electrons. The van der Waals surface area contributed by atoms with Gasteiger partial charge in [0.1, 0.15) is 24.3 Å². The van der Waals surface area contributed by atoms with E-state index in [4.69, 9.17) is 9.47 Å². The Morgan fingerprint density at radius 1 is 0.639 bits per heavy atom. The van der Waals surface area contributed by atoms with Crippen LogP contribution in [0.25, 0.3) is 22.5 Å². The molecule has 1 heterocycles. The minimum atomic E-state index is -1.62. The molecule has 0 bridgehead atoms. The molecule has 0 spiro atoms. The van der Waals surface area contributed by atoms with Crippen molar-refractivity contribution in [3.05, 3.63) is 60.9 Å². The summed E-state index contributed by atoms with van der Waals surface area (Å²) in [4.78, 5) is 9.02. The second-order valence-corrected chi connectivity index (χ2v) is 9.09. The lowest BCUT2D eigenvalue weighted by Crippen LogP contribution is -2.24. The summed E-state index contributed by atoms with van der Waals surface area (Å²) >= 11 is 0. The summed E-state index contributed by atoms with van der Waals surface area (Å²) < 4.78 is 38.7. The fourth-order valence-electron chi connectivity index (χ4n) is 3.88. The molecule has 0 fully saturated rings. The van der Waals surface area contributed by atoms with Crippen LogP contribution in [-0.4, -0.2) is 35.5 Å². The van der Waals surface area contributed by atoms with E-state index in [9.17, 15) is 8.78 Å². The molecular weight excluding hydrogens is 458 g/mol. The summed E-state index contributed by atoms with van der Waals surface area (Å²) in [7, 11) is 0. The van der Waals surface area contributed by atoms with Crippen LogP contribution in [0.1, 0.15) is 65.2 Å². The van der Waals surface area contributed by atoms with Gasteiger partial charge in [-0.3, -0.25) is 0 Å². The van der Waals surface area contributed by atoms with Crippen molar-refractivity contribution in [3.63, 3.8) is 0 Å². The van der Waals surface area contributed by atoms with Crippen LogP contribution in [0.2, 0.25) is 0 Å². The Morgan fingerprint density at radius 2 is 1.22 bits per heavy atom. The topological polar surface area (TPSA) is 44.2 Å². The van der Waals surface area contributed by atoms with Crippen molar-refractivity contribution in [1.82, 2.24) is 9.97 Å². The molecule has 36 heavy (non-hydrogen) atoms. The van der Waals surface area contributed by atoms with E-state index < -0.39 is 12.3 Å². The minimum absolute atomic E-state index is 0.205. The summed E-state index contributed by atoms with van der Waals surface area (Å²) in [6.07, 6.45) is 8.72. The highest BCUT2D eigenvalue weighted by Gasteiger charge is 2.20. The van der Waals surface area contributed by atoms with Crippen molar-refractivity contribution in [2.45, 2.75) is 77.6 Å². The van der Waals surface area contributed by atoms with Crippen LogP contribution in [0, 0.1) is 0 Å². The fourth-order valence-corrected chi connectivity index (χ4v) is 3.88. The van der Waals surface area contributed by atoms with Crippen LogP contribution in [0.15, 0.2) is 60.9 Å². The number of alkyl halides is 2. The predicted molar refractivity (Wildman–Crippen MR) is 142 cm³/mol. The highest BCUT2D eigenvalue weighted by Crippen LogP contribution is 2.24. The lowest BCUT2D eigenvalue weighted by Gasteiger charge is -2.14. The molecule has 0 radical (unpaired) electrons. The second-order valence-electron chi connectivity index (χ2n) is 9.09. The average molecular weight is 497 g/mol. The van der Waals surface area contributed by atoms with Gasteiger partial charge in [0, 0.05) is 23.5 Å². The van der Waals surface area contributed by atoms with Crippen LogP contribution in [0.4, 0.5) is 8.78 Å². The average Bonchev–Trinajstić information content (AvgIpc) is 2.92. The summed E-state index contributed by atoms with van der Waals surface area (Å²) in [5, 5.41) is 0. The van der Waals surface area contributed by atoms with Gasteiger partial charge in [-0.2, -0.15) is 0 Å². The minimum Gasteiger partial charge on any atom is -0.494 e. The van der Waals surface area contributed by atoms with Crippen molar-refractivity contribution in [1.29, 1.82) is 0 Å². The highest BCUT2D eigenvalue weighted by molar-refractivity contribution is 5.64. The number of benzene rings is 2. The van der Waals surface area contributed by atoms with Gasteiger partial charge in [-0.05, 0) is 54.8 Å². The maximum Gasteiger partial charge on any atom is 0.165 e. The number of hydrogen-bond donors (Lipinski definition) is 0. The molecule has 4 nitrogen and oxygen atoms in total. The molecule has 1 aromatic heterocycles. The van der Waals surface area contributed by atoms with E-state index in [1.165, 1.54) is 32.1 Å². The standard InChI is InChI=1S/C30H38F2N2O2/c1-3-5-6-7-8-9-19-35-26-17-13-24(14-18-26)30-33-20-25(21-34-30)23-11-15-27(16-12-23)36-22-29(32)28(31)10-4-2/h11-18,20-21,28-29H,3-10,19,22H2,1-2H3/t28-,29-/m1/s1. The number of aromatic nitrogens is 2. The smallest absolute Gasteiger partial charge is 0.165 e. The third kappa shape index (κ3) is 8.89. The van der Waals surface area contributed by atoms with Crippen molar-refractivity contribution in [3.8, 4) is 34.0 Å². The predicted octanol–water partition coefficient (Wildman–Crippen LogP) is 8.41. The molecule has 0 unspecified atom stereocenters. The second kappa shape index (κ2) is 15.2. The molecule has 2 aromatic carbocycles. The van der Waals surface area contributed by atoms with E-state index >= 15 is 0 Å². The molecular formula is C30H38F2N2O2. The number of rotatable bonds is 16. The Bertz CT molecular complexity index is 995. The molecule has 0 saturated carbocycles. The van der Waals surface area contributed by atoms with Crippen LogP contribution in [0.5, 0.6) is 11.5 Å². The van der Waals surface area contributed by atoms with Crippen molar-refractivity contribution in [2.75, 3.05) is 13.2 Å². The third-order valence-electron chi connectivity index (χ3n) is 6.08. The SMILES string of the molecule is CCCCCCCCOc1ccc(-c2ncc(-c3ccc(OC[C@@H](F)[C@H](F)CCC)cc3)cn2)cc1. The first kappa shape index (κ1) is 27.6. The first-order valence-electron chi connectivity index (χ1n) is 13.2. The van der Waals surface area contributed by atoms with E-state index in [1.807, 2.05) is 43.3 Å². The van der Waals surface area contributed by atoms with E-state index in [1.54, 1.807) is 24.5 Å². The van der Waals surface area contributed by atoms with Gasteiger partial charge in [-0.1, -0.05) is 64.5 Å². The molecule has 3 rings (SSSR count). The normalized spacial score (nSPS) is 12.8. The maximum atomic E-state index is 13.8. The van der Waals surface area contributed by atoms with Crippen molar-refractivity contribution < 1.29 is 18.3 Å². The Balaban J connectivity index is 1.47. The van der Waals surface area contributed by atoms with Crippen LogP contribution in [-0.2, 0) is 0 Å². The van der Waals surface area contributed by atoms with Gasteiger partial charge >= 0.3 is 0 Å². The molecule has 0 aliphatic carbocycles. The number of unbranched alkanes of at least 4 members (excludes halogenated alkanes) is 5. The zero-order valence-electron chi connectivity index (χ0n) is 21.5. The Kier molecular flexibility index (Phi) is 11.6. The van der Waals surface area contributed by atoms with E-state index in [0.29, 0.717) is 18.0 Å². The number of nitrogens with zero attached hydrogens (tertiary/aromatic N) is 2. The number of ether oxygens (including phenoxy) is 2. The van der Waals surface area contributed by atoms with Crippen molar-refractivity contribution >= 4 is 0 Å². The third-order valence-corrected chi connectivity index (χ3v) is 6.08. The largest absolute Gasteiger partial charge is 0.494 e. The first-order chi connectivity index (χ1) is 17.6. The molecule has 0 aliphatic heterocycles. The van der Waals surface area contributed by atoms with Crippen molar-refractivity contribution in [2.24, 2.45) is 0 Å². The summed E-state index contributed by atoms with van der Waals surface area (Å²) in [6.45, 7) is 4.51. The molecule has 0 amide bonds. The van der Waals surface area contributed by atoms with Gasteiger partial charge < -0.3 is 9.47 Å². The van der Waals surface area contributed by atoms with E-state index in [-0.39, 0.29) is 13.0 Å². The van der Waals surface area contributed by atoms with Gasteiger partial charge in [0.15, 0.2) is 12.0 Å². The molecule has 0 N–H and O–H groups in total. The van der Waals surface area contributed by atoms with Gasteiger partial charge in [0.05, 0.1) is 6.61 Å². The van der Waals surface area contributed by atoms with Gasteiger partial charge in [0.2, 0.25) is 0 Å². The summed E-state index contributed by atoms with van der Waals surface area (Å²) in [5.74, 6) is 2.00. The highest BCUT2D eigenvalue weighted by atomic mass is 19.2. The lowest BCUT2D eigenvalue weighted by molar-refractivity contribution is 0.103. The molecule has 0 aliphatic rings. The Morgan fingerprint density at radius 3 is 1.86 bits per heavy atom. The van der Waals surface area contributed by atoms with Gasteiger partial charge in [-0.15, -0.1) is 0 Å².